The molecule has 3 aromatic rings. The smallest absolute Gasteiger partial charge is 0.340 e. The van der Waals surface area contributed by atoms with Crippen LogP contribution in [0.3, 0.4) is 0 Å². The number of nitrogens with zero attached hydrogens (tertiary/aromatic N) is 2. The maximum absolute atomic E-state index is 12.3. The highest BCUT2D eigenvalue weighted by molar-refractivity contribution is 5.91. The predicted molar refractivity (Wildman–Crippen MR) is 101 cm³/mol. The first-order valence-electron chi connectivity index (χ1n) is 8.50. The lowest BCUT2D eigenvalue weighted by Crippen LogP contribution is -2.14. The Morgan fingerprint density at radius 2 is 1.74 bits per heavy atom. The molecule has 1 heterocycles. The molecule has 0 aliphatic rings. The summed E-state index contributed by atoms with van der Waals surface area (Å²) in [6, 6.07) is 22.1. The second-order valence-corrected chi connectivity index (χ2v) is 5.82. The summed E-state index contributed by atoms with van der Waals surface area (Å²) >= 11 is 0. The molecule has 0 unspecified atom stereocenters. The zero-order valence-corrected chi connectivity index (χ0v) is 14.9. The normalized spacial score (nSPS) is 10.1. The Labute approximate surface area is 157 Å². The molecule has 0 atom stereocenters. The minimum Gasteiger partial charge on any atom is -0.490 e. The molecule has 0 saturated carbocycles. The second-order valence-electron chi connectivity index (χ2n) is 5.82. The molecule has 0 aliphatic heterocycles. The zero-order valence-electron chi connectivity index (χ0n) is 14.9. The Hall–Kier alpha value is -3.65. The van der Waals surface area contributed by atoms with Gasteiger partial charge in [-0.05, 0) is 43.3 Å². The number of benzene rings is 2. The zero-order chi connectivity index (χ0) is 19.1. The van der Waals surface area contributed by atoms with Crippen LogP contribution in [0, 0.1) is 18.3 Å². The molecule has 27 heavy (non-hydrogen) atoms. The number of hydrogen-bond acceptors (Lipinski definition) is 5. The van der Waals surface area contributed by atoms with Crippen molar-refractivity contribution in [3.63, 3.8) is 0 Å². The number of aromatic nitrogens is 1. The van der Waals surface area contributed by atoms with Crippen molar-refractivity contribution in [2.75, 3.05) is 13.2 Å². The summed E-state index contributed by atoms with van der Waals surface area (Å²) < 4.78 is 10.8. The summed E-state index contributed by atoms with van der Waals surface area (Å²) in [7, 11) is 0. The van der Waals surface area contributed by atoms with Gasteiger partial charge in [-0.15, -0.1) is 0 Å². The van der Waals surface area contributed by atoms with Gasteiger partial charge in [-0.2, -0.15) is 5.26 Å². The molecule has 0 bridgehead atoms. The minimum atomic E-state index is -0.428. The second kappa shape index (κ2) is 8.63. The van der Waals surface area contributed by atoms with E-state index in [-0.39, 0.29) is 13.2 Å². The molecule has 5 heteroatoms. The highest BCUT2D eigenvalue weighted by atomic mass is 16.6. The molecule has 0 amide bonds. The number of esters is 1. The third kappa shape index (κ3) is 4.71. The van der Waals surface area contributed by atoms with Crippen LogP contribution >= 0.6 is 0 Å². The summed E-state index contributed by atoms with van der Waals surface area (Å²) in [6.45, 7) is 2.14. The third-order valence-corrected chi connectivity index (χ3v) is 3.94. The van der Waals surface area contributed by atoms with Gasteiger partial charge in [0.15, 0.2) is 0 Å². The number of aryl methyl sites for hydroxylation is 1. The van der Waals surface area contributed by atoms with Crippen molar-refractivity contribution in [1.82, 2.24) is 4.98 Å². The average molecular weight is 358 g/mol. The molecule has 5 nitrogen and oxygen atoms in total. The van der Waals surface area contributed by atoms with Gasteiger partial charge in [-0.3, -0.25) is 4.98 Å². The molecular weight excluding hydrogens is 340 g/mol. The van der Waals surface area contributed by atoms with Crippen molar-refractivity contribution in [2.45, 2.75) is 6.92 Å². The fourth-order valence-corrected chi connectivity index (χ4v) is 2.54. The molecule has 0 saturated heterocycles. The molecule has 0 aliphatic carbocycles. The maximum Gasteiger partial charge on any atom is 0.340 e. The molecule has 2 aromatic carbocycles. The highest BCUT2D eigenvalue weighted by Gasteiger charge is 2.13. The molecule has 0 fully saturated rings. The lowest BCUT2D eigenvalue weighted by atomic mass is 10.1. The van der Waals surface area contributed by atoms with E-state index in [2.05, 4.69) is 4.98 Å². The quantitative estimate of drug-likeness (QED) is 0.489. The molecule has 3 rings (SSSR count). The van der Waals surface area contributed by atoms with Gasteiger partial charge >= 0.3 is 5.97 Å². The van der Waals surface area contributed by atoms with Crippen LogP contribution in [-0.4, -0.2) is 24.2 Å². The standard InChI is InChI=1S/C22H18N2O3/c1-16-20(11-12-21(24-16)18-5-3-2-4-6-18)22(25)27-14-13-26-19-9-7-17(15-23)8-10-19/h2-12H,13-14H2,1H3. The first-order chi connectivity index (χ1) is 13.2. The fraction of sp³-hybridized carbons (Fsp3) is 0.136. The highest BCUT2D eigenvalue weighted by Crippen LogP contribution is 2.19. The molecule has 0 N–H and O–H groups in total. The van der Waals surface area contributed by atoms with Crippen molar-refractivity contribution in [2.24, 2.45) is 0 Å². The molecule has 0 spiro atoms. The Balaban J connectivity index is 1.54. The Bertz CT molecular complexity index is 961. The molecule has 134 valence electrons. The topological polar surface area (TPSA) is 72.2 Å². The fourth-order valence-electron chi connectivity index (χ4n) is 2.54. The lowest BCUT2D eigenvalue weighted by molar-refractivity contribution is 0.0449. The summed E-state index contributed by atoms with van der Waals surface area (Å²) in [5, 5.41) is 8.76. The summed E-state index contributed by atoms with van der Waals surface area (Å²) in [6.07, 6.45) is 0. The van der Waals surface area contributed by atoms with Gasteiger partial charge < -0.3 is 9.47 Å². The summed E-state index contributed by atoms with van der Waals surface area (Å²) in [4.78, 5) is 16.8. The number of hydrogen-bond donors (Lipinski definition) is 0. The number of carbonyl (C=O) groups is 1. The van der Waals surface area contributed by atoms with E-state index in [4.69, 9.17) is 14.7 Å². The van der Waals surface area contributed by atoms with Crippen molar-refractivity contribution in [3.05, 3.63) is 83.6 Å². The maximum atomic E-state index is 12.3. The van der Waals surface area contributed by atoms with Crippen LogP contribution in [0.1, 0.15) is 21.6 Å². The number of carbonyl (C=O) groups excluding carboxylic acids is 1. The van der Waals surface area contributed by atoms with E-state index in [0.29, 0.717) is 22.6 Å². The van der Waals surface area contributed by atoms with Crippen molar-refractivity contribution in [3.8, 4) is 23.1 Å². The van der Waals surface area contributed by atoms with Gasteiger partial charge in [0, 0.05) is 5.56 Å². The largest absolute Gasteiger partial charge is 0.490 e. The average Bonchev–Trinajstić information content (AvgIpc) is 2.72. The van der Waals surface area contributed by atoms with Crippen LogP contribution in [0.25, 0.3) is 11.3 Å². The predicted octanol–water partition coefficient (Wildman–Crippen LogP) is 4.16. The summed E-state index contributed by atoms with van der Waals surface area (Å²) in [5.41, 5.74) is 3.43. The lowest BCUT2D eigenvalue weighted by Gasteiger charge is -2.09. The number of rotatable bonds is 6. The first kappa shape index (κ1) is 18.2. The Morgan fingerprint density at radius 3 is 2.41 bits per heavy atom. The van der Waals surface area contributed by atoms with Gasteiger partial charge in [0.05, 0.1) is 28.6 Å². The van der Waals surface area contributed by atoms with E-state index in [0.717, 1.165) is 11.3 Å². The SMILES string of the molecule is Cc1nc(-c2ccccc2)ccc1C(=O)OCCOc1ccc(C#N)cc1. The van der Waals surface area contributed by atoms with Gasteiger partial charge in [0.1, 0.15) is 19.0 Å². The molecule has 1 aromatic heterocycles. The van der Waals surface area contributed by atoms with Crippen LogP contribution in [0.4, 0.5) is 0 Å². The van der Waals surface area contributed by atoms with Crippen molar-refractivity contribution < 1.29 is 14.3 Å². The molecule has 0 radical (unpaired) electrons. The van der Waals surface area contributed by atoms with Crippen molar-refractivity contribution in [1.29, 1.82) is 5.26 Å². The molecular formula is C22H18N2O3. The van der Waals surface area contributed by atoms with E-state index < -0.39 is 5.97 Å². The van der Waals surface area contributed by atoms with E-state index in [1.807, 2.05) is 42.5 Å². The number of pyridine rings is 1. The van der Waals surface area contributed by atoms with Gasteiger partial charge in [0.25, 0.3) is 0 Å². The number of nitriles is 1. The van der Waals surface area contributed by atoms with Crippen LogP contribution < -0.4 is 4.74 Å². The van der Waals surface area contributed by atoms with Crippen LogP contribution in [0.2, 0.25) is 0 Å². The Morgan fingerprint density at radius 1 is 1.00 bits per heavy atom. The van der Waals surface area contributed by atoms with E-state index in [9.17, 15) is 4.79 Å². The van der Waals surface area contributed by atoms with Crippen LogP contribution in [0.15, 0.2) is 66.7 Å². The first-order valence-corrected chi connectivity index (χ1v) is 8.50. The van der Waals surface area contributed by atoms with Crippen molar-refractivity contribution >= 4 is 5.97 Å². The number of ether oxygens (including phenoxy) is 2. The monoisotopic (exact) mass is 358 g/mol. The van der Waals surface area contributed by atoms with Crippen LogP contribution in [-0.2, 0) is 4.74 Å². The third-order valence-electron chi connectivity index (χ3n) is 3.94. The van der Waals surface area contributed by atoms with E-state index >= 15 is 0 Å². The Kier molecular flexibility index (Phi) is 5.80. The minimum absolute atomic E-state index is 0.124. The van der Waals surface area contributed by atoms with E-state index in [1.54, 1.807) is 37.3 Å². The van der Waals surface area contributed by atoms with Gasteiger partial charge in [-0.25, -0.2) is 4.79 Å². The summed E-state index contributed by atoms with van der Waals surface area (Å²) in [5.74, 6) is 0.193. The van der Waals surface area contributed by atoms with Crippen LogP contribution in [0.5, 0.6) is 5.75 Å². The van der Waals surface area contributed by atoms with E-state index in [1.165, 1.54) is 0 Å². The van der Waals surface area contributed by atoms with Gasteiger partial charge in [0.2, 0.25) is 0 Å². The van der Waals surface area contributed by atoms with Gasteiger partial charge in [-0.1, -0.05) is 30.3 Å².